The Hall–Kier alpha value is -1.92. The molecular formula is C15H12BrNO3S. The van der Waals surface area contributed by atoms with Crippen molar-refractivity contribution in [1.82, 2.24) is 0 Å². The molecule has 2 rings (SSSR count). The van der Waals surface area contributed by atoms with E-state index in [1.165, 1.54) is 23.5 Å². The fourth-order valence-electron chi connectivity index (χ4n) is 1.70. The highest BCUT2D eigenvalue weighted by molar-refractivity contribution is 9.10. The van der Waals surface area contributed by atoms with Crippen LogP contribution in [0.5, 0.6) is 0 Å². The van der Waals surface area contributed by atoms with Crippen molar-refractivity contribution in [3.8, 4) is 0 Å². The average molecular weight is 366 g/mol. The summed E-state index contributed by atoms with van der Waals surface area (Å²) in [5.41, 5.74) is 1.39. The van der Waals surface area contributed by atoms with Gasteiger partial charge in [-0.25, -0.2) is 4.79 Å². The van der Waals surface area contributed by atoms with Crippen LogP contribution < -0.4 is 5.32 Å². The van der Waals surface area contributed by atoms with Crippen molar-refractivity contribution < 1.29 is 14.7 Å². The number of carbonyl (C=O) groups is 2. The van der Waals surface area contributed by atoms with E-state index >= 15 is 0 Å². The first-order valence-corrected chi connectivity index (χ1v) is 7.71. The minimum absolute atomic E-state index is 0.0402. The summed E-state index contributed by atoms with van der Waals surface area (Å²) >= 11 is 4.78. The third kappa shape index (κ3) is 3.80. The molecule has 0 fully saturated rings. The Morgan fingerprint density at radius 2 is 2.10 bits per heavy atom. The molecule has 0 bridgehead atoms. The Morgan fingerprint density at radius 1 is 1.33 bits per heavy atom. The highest BCUT2D eigenvalue weighted by atomic mass is 79.9. The molecule has 0 aliphatic heterocycles. The molecule has 0 radical (unpaired) electrons. The van der Waals surface area contributed by atoms with Crippen molar-refractivity contribution in [2.45, 2.75) is 6.92 Å². The summed E-state index contributed by atoms with van der Waals surface area (Å²) in [6.07, 6.45) is 3.11. The fourth-order valence-corrected chi connectivity index (χ4v) is 2.99. The number of hydrogen-bond acceptors (Lipinski definition) is 3. The van der Waals surface area contributed by atoms with Crippen molar-refractivity contribution >= 4 is 50.9 Å². The Bertz CT molecular complexity index is 721. The van der Waals surface area contributed by atoms with Gasteiger partial charge in [-0.3, -0.25) is 4.79 Å². The van der Waals surface area contributed by atoms with Gasteiger partial charge >= 0.3 is 5.97 Å². The van der Waals surface area contributed by atoms with Gasteiger partial charge in [-0.1, -0.05) is 6.07 Å². The summed E-state index contributed by atoms with van der Waals surface area (Å²) in [5.74, 6) is -1.47. The number of carboxylic acid groups (broad SMARTS) is 1. The molecule has 0 saturated carbocycles. The Kier molecular flexibility index (Phi) is 4.93. The molecular weight excluding hydrogens is 354 g/mol. The van der Waals surface area contributed by atoms with Gasteiger partial charge in [0, 0.05) is 15.4 Å². The molecule has 1 aromatic heterocycles. The molecule has 4 nitrogen and oxygen atoms in total. The van der Waals surface area contributed by atoms with Crippen LogP contribution >= 0.6 is 27.3 Å². The number of rotatable bonds is 4. The monoisotopic (exact) mass is 365 g/mol. The minimum Gasteiger partial charge on any atom is -0.478 e. The normalized spacial score (nSPS) is 10.8. The number of anilines is 1. The van der Waals surface area contributed by atoms with E-state index < -0.39 is 5.97 Å². The second-order valence-electron chi connectivity index (χ2n) is 4.26. The van der Waals surface area contributed by atoms with Crippen LogP contribution in [0.3, 0.4) is 0 Å². The Morgan fingerprint density at radius 3 is 2.71 bits per heavy atom. The van der Waals surface area contributed by atoms with E-state index in [-0.39, 0.29) is 17.2 Å². The van der Waals surface area contributed by atoms with Crippen LogP contribution in [-0.4, -0.2) is 17.0 Å². The summed E-state index contributed by atoms with van der Waals surface area (Å²) in [6, 6.07) is 6.69. The number of para-hydroxylation sites is 1. The number of carbonyl (C=O) groups excluding carboxylic acids is 1. The minimum atomic E-state index is -1.09. The SMILES string of the molecule is Cc1ccsc1C=CC(=O)Nc1c(Br)cccc1C(=O)O. The third-order valence-corrected chi connectivity index (χ3v) is 4.42. The molecule has 2 N–H and O–H groups in total. The van der Waals surface area contributed by atoms with Gasteiger partial charge in [-0.05, 0) is 58.1 Å². The van der Waals surface area contributed by atoms with Gasteiger partial charge in [0.2, 0.25) is 5.91 Å². The second kappa shape index (κ2) is 6.69. The largest absolute Gasteiger partial charge is 0.478 e. The zero-order valence-electron chi connectivity index (χ0n) is 11.1. The standard InChI is InChI=1S/C15H12BrNO3S/c1-9-7-8-21-12(9)5-6-13(18)17-14-10(15(19)20)3-2-4-11(14)16/h2-8H,1H3,(H,17,18)(H,19,20). The summed E-state index contributed by atoms with van der Waals surface area (Å²) in [5, 5.41) is 13.7. The quantitative estimate of drug-likeness (QED) is 0.799. The van der Waals surface area contributed by atoms with Gasteiger partial charge in [0.25, 0.3) is 0 Å². The molecule has 1 aromatic carbocycles. The van der Waals surface area contributed by atoms with E-state index in [1.54, 1.807) is 18.2 Å². The van der Waals surface area contributed by atoms with Gasteiger partial charge in [0.15, 0.2) is 0 Å². The molecule has 1 heterocycles. The van der Waals surface area contributed by atoms with Crippen molar-refractivity contribution in [3.63, 3.8) is 0 Å². The molecule has 0 saturated heterocycles. The van der Waals surface area contributed by atoms with Gasteiger partial charge in [0.05, 0.1) is 11.3 Å². The van der Waals surface area contributed by atoms with Crippen LogP contribution in [0.25, 0.3) is 6.08 Å². The van der Waals surface area contributed by atoms with Crippen LogP contribution in [0.2, 0.25) is 0 Å². The first kappa shape index (κ1) is 15.5. The predicted octanol–water partition coefficient (Wildman–Crippen LogP) is 4.17. The fraction of sp³-hybridized carbons (Fsp3) is 0.0667. The number of benzene rings is 1. The van der Waals surface area contributed by atoms with Gasteiger partial charge < -0.3 is 10.4 Å². The maximum atomic E-state index is 11.9. The number of aryl methyl sites for hydroxylation is 1. The van der Waals surface area contributed by atoms with Gasteiger partial charge in [-0.2, -0.15) is 0 Å². The molecule has 108 valence electrons. The van der Waals surface area contributed by atoms with Crippen LogP contribution in [0.15, 0.2) is 40.2 Å². The van der Waals surface area contributed by atoms with Crippen LogP contribution in [0.4, 0.5) is 5.69 Å². The number of nitrogens with one attached hydrogen (secondary N) is 1. The van der Waals surface area contributed by atoms with Crippen LogP contribution in [0.1, 0.15) is 20.8 Å². The van der Waals surface area contributed by atoms with E-state index in [2.05, 4.69) is 21.2 Å². The van der Waals surface area contributed by atoms with Crippen LogP contribution in [-0.2, 0) is 4.79 Å². The lowest BCUT2D eigenvalue weighted by molar-refractivity contribution is -0.111. The van der Waals surface area contributed by atoms with Crippen molar-refractivity contribution in [3.05, 3.63) is 56.2 Å². The summed E-state index contributed by atoms with van der Waals surface area (Å²) < 4.78 is 0.524. The predicted molar refractivity (Wildman–Crippen MR) is 87.8 cm³/mol. The van der Waals surface area contributed by atoms with Gasteiger partial charge in [0.1, 0.15) is 0 Å². The molecule has 0 aliphatic carbocycles. The molecule has 0 atom stereocenters. The zero-order chi connectivity index (χ0) is 15.4. The maximum Gasteiger partial charge on any atom is 0.337 e. The molecule has 1 amide bonds. The van der Waals surface area contributed by atoms with E-state index in [0.29, 0.717) is 4.47 Å². The van der Waals surface area contributed by atoms with E-state index in [1.807, 2.05) is 18.4 Å². The number of aromatic carboxylic acids is 1. The highest BCUT2D eigenvalue weighted by Gasteiger charge is 2.14. The lowest BCUT2D eigenvalue weighted by Crippen LogP contribution is -2.12. The smallest absolute Gasteiger partial charge is 0.337 e. The maximum absolute atomic E-state index is 11.9. The zero-order valence-corrected chi connectivity index (χ0v) is 13.5. The lowest BCUT2D eigenvalue weighted by Gasteiger charge is -2.08. The van der Waals surface area contributed by atoms with Gasteiger partial charge in [-0.15, -0.1) is 11.3 Å². The van der Waals surface area contributed by atoms with Crippen molar-refractivity contribution in [1.29, 1.82) is 0 Å². The highest BCUT2D eigenvalue weighted by Crippen LogP contribution is 2.26. The molecule has 0 aliphatic rings. The summed E-state index contributed by atoms with van der Waals surface area (Å²) in [4.78, 5) is 24.1. The summed E-state index contributed by atoms with van der Waals surface area (Å²) in [6.45, 7) is 1.96. The van der Waals surface area contributed by atoms with Crippen molar-refractivity contribution in [2.24, 2.45) is 0 Å². The topological polar surface area (TPSA) is 66.4 Å². The van der Waals surface area contributed by atoms with E-state index in [9.17, 15) is 9.59 Å². The number of hydrogen-bond donors (Lipinski definition) is 2. The molecule has 21 heavy (non-hydrogen) atoms. The number of halogens is 1. The Balaban J connectivity index is 2.19. The average Bonchev–Trinajstić information content (AvgIpc) is 2.84. The molecule has 6 heteroatoms. The second-order valence-corrected chi connectivity index (χ2v) is 6.06. The first-order chi connectivity index (χ1) is 9.99. The number of amides is 1. The first-order valence-electron chi connectivity index (χ1n) is 6.04. The number of thiophene rings is 1. The molecule has 0 unspecified atom stereocenters. The lowest BCUT2D eigenvalue weighted by atomic mass is 10.2. The van der Waals surface area contributed by atoms with E-state index in [4.69, 9.17) is 5.11 Å². The summed E-state index contributed by atoms with van der Waals surface area (Å²) in [7, 11) is 0. The number of carboxylic acids is 1. The van der Waals surface area contributed by atoms with Crippen LogP contribution in [0, 0.1) is 6.92 Å². The molecule has 2 aromatic rings. The van der Waals surface area contributed by atoms with E-state index in [0.717, 1.165) is 10.4 Å². The van der Waals surface area contributed by atoms with Crippen molar-refractivity contribution in [2.75, 3.05) is 5.32 Å². The molecule has 0 spiro atoms. The third-order valence-electron chi connectivity index (χ3n) is 2.78. The Labute approximate surface area is 134 Å².